The molecule has 5 nitrogen and oxygen atoms in total. The first kappa shape index (κ1) is 11.5. The third-order valence-corrected chi connectivity index (χ3v) is 2.14. The maximum Gasteiger partial charge on any atom is 0.339 e. The second-order valence-electron chi connectivity index (χ2n) is 3.11. The van der Waals surface area contributed by atoms with Crippen molar-refractivity contribution in [1.82, 2.24) is 0 Å². The van der Waals surface area contributed by atoms with Gasteiger partial charge in [0.05, 0.1) is 7.11 Å². The summed E-state index contributed by atoms with van der Waals surface area (Å²) in [6.07, 6.45) is 0. The van der Waals surface area contributed by atoms with E-state index in [1.807, 2.05) is 0 Å². The van der Waals surface area contributed by atoms with Crippen LogP contribution in [0.5, 0.6) is 5.75 Å². The molecule has 0 bridgehead atoms. The molecule has 1 rings (SSSR count). The zero-order valence-corrected chi connectivity index (χ0v) is 8.43. The van der Waals surface area contributed by atoms with E-state index in [9.17, 15) is 4.79 Å². The molecule has 5 heteroatoms. The standard InChI is InChI=1S/C10H14N2O3/c1-15-9-4-6(8(12)5-11)2-3-7(9)10(13)14/h2-4,8H,5,11-12H2,1H3,(H,13,14)/t8-/m1/s1. The first-order valence-electron chi connectivity index (χ1n) is 4.47. The number of carboxylic acids is 1. The van der Waals surface area contributed by atoms with E-state index in [0.717, 1.165) is 5.56 Å². The molecule has 1 aromatic carbocycles. The fraction of sp³-hybridized carbons (Fsp3) is 0.300. The number of ether oxygens (including phenoxy) is 1. The van der Waals surface area contributed by atoms with Crippen LogP contribution in [0.3, 0.4) is 0 Å². The molecule has 0 spiro atoms. The highest BCUT2D eigenvalue weighted by atomic mass is 16.5. The van der Waals surface area contributed by atoms with Crippen molar-refractivity contribution in [2.75, 3.05) is 13.7 Å². The van der Waals surface area contributed by atoms with Crippen molar-refractivity contribution in [3.63, 3.8) is 0 Å². The number of methoxy groups -OCH3 is 1. The Hall–Kier alpha value is -1.59. The Morgan fingerprint density at radius 2 is 2.27 bits per heavy atom. The van der Waals surface area contributed by atoms with Gasteiger partial charge in [0.2, 0.25) is 0 Å². The van der Waals surface area contributed by atoms with Crippen molar-refractivity contribution < 1.29 is 14.6 Å². The Morgan fingerprint density at radius 1 is 1.60 bits per heavy atom. The largest absolute Gasteiger partial charge is 0.496 e. The Morgan fingerprint density at radius 3 is 2.73 bits per heavy atom. The van der Waals surface area contributed by atoms with Gasteiger partial charge < -0.3 is 21.3 Å². The molecule has 0 radical (unpaired) electrons. The number of hydrogen-bond donors (Lipinski definition) is 3. The lowest BCUT2D eigenvalue weighted by Gasteiger charge is -2.12. The van der Waals surface area contributed by atoms with Crippen molar-refractivity contribution in [3.8, 4) is 5.75 Å². The molecule has 1 atom stereocenters. The van der Waals surface area contributed by atoms with Gasteiger partial charge in [-0.05, 0) is 17.7 Å². The monoisotopic (exact) mass is 210 g/mol. The van der Waals surface area contributed by atoms with Gasteiger partial charge in [-0.1, -0.05) is 6.07 Å². The second-order valence-corrected chi connectivity index (χ2v) is 3.11. The molecule has 0 saturated carbocycles. The molecule has 0 aliphatic carbocycles. The van der Waals surface area contributed by atoms with Gasteiger partial charge in [0.15, 0.2) is 0 Å². The smallest absolute Gasteiger partial charge is 0.339 e. The molecule has 0 aromatic heterocycles. The molecule has 0 unspecified atom stereocenters. The van der Waals surface area contributed by atoms with E-state index in [1.165, 1.54) is 13.2 Å². The predicted molar refractivity (Wildman–Crippen MR) is 55.9 cm³/mol. The van der Waals surface area contributed by atoms with Crippen LogP contribution in [0.15, 0.2) is 18.2 Å². The zero-order chi connectivity index (χ0) is 11.4. The highest BCUT2D eigenvalue weighted by Crippen LogP contribution is 2.22. The summed E-state index contributed by atoms with van der Waals surface area (Å²) in [6.45, 7) is 0.301. The second kappa shape index (κ2) is 4.77. The lowest BCUT2D eigenvalue weighted by Crippen LogP contribution is -2.20. The van der Waals surface area contributed by atoms with Crippen LogP contribution in [0.1, 0.15) is 22.0 Å². The fourth-order valence-corrected chi connectivity index (χ4v) is 1.25. The summed E-state index contributed by atoms with van der Waals surface area (Å²) >= 11 is 0. The van der Waals surface area contributed by atoms with E-state index in [0.29, 0.717) is 12.3 Å². The number of aromatic carboxylic acids is 1. The van der Waals surface area contributed by atoms with E-state index in [4.69, 9.17) is 21.3 Å². The van der Waals surface area contributed by atoms with Crippen LogP contribution in [-0.2, 0) is 0 Å². The van der Waals surface area contributed by atoms with Gasteiger partial charge in [0.1, 0.15) is 11.3 Å². The minimum Gasteiger partial charge on any atom is -0.496 e. The summed E-state index contributed by atoms with van der Waals surface area (Å²) in [5.74, 6) is -0.733. The Kier molecular flexibility index (Phi) is 3.65. The fourth-order valence-electron chi connectivity index (χ4n) is 1.25. The highest BCUT2D eigenvalue weighted by molar-refractivity contribution is 5.91. The molecule has 0 aliphatic rings. The Labute approximate surface area is 87.6 Å². The van der Waals surface area contributed by atoms with E-state index in [-0.39, 0.29) is 11.6 Å². The highest BCUT2D eigenvalue weighted by Gasteiger charge is 2.13. The molecule has 5 N–H and O–H groups in total. The van der Waals surface area contributed by atoms with Gasteiger partial charge in [0, 0.05) is 12.6 Å². The molecular formula is C10H14N2O3. The first-order chi connectivity index (χ1) is 7.10. The summed E-state index contributed by atoms with van der Waals surface area (Å²) in [5, 5.41) is 8.85. The molecule has 82 valence electrons. The molecule has 0 fully saturated rings. The van der Waals surface area contributed by atoms with Gasteiger partial charge in [-0.2, -0.15) is 0 Å². The molecule has 15 heavy (non-hydrogen) atoms. The molecule has 0 aliphatic heterocycles. The predicted octanol–water partition coefficient (Wildman–Crippen LogP) is 0.352. The van der Waals surface area contributed by atoms with Crippen molar-refractivity contribution in [2.24, 2.45) is 11.5 Å². The zero-order valence-electron chi connectivity index (χ0n) is 8.43. The molecule has 0 heterocycles. The van der Waals surface area contributed by atoms with Crippen molar-refractivity contribution in [3.05, 3.63) is 29.3 Å². The van der Waals surface area contributed by atoms with Gasteiger partial charge in [0.25, 0.3) is 0 Å². The summed E-state index contributed by atoms with van der Waals surface area (Å²) in [5.41, 5.74) is 12.0. The van der Waals surface area contributed by atoms with E-state index in [1.54, 1.807) is 12.1 Å². The average Bonchev–Trinajstić information content (AvgIpc) is 2.26. The number of carbonyl (C=O) groups is 1. The molecule has 0 saturated heterocycles. The van der Waals surface area contributed by atoms with Crippen LogP contribution in [0, 0.1) is 0 Å². The maximum atomic E-state index is 10.8. The van der Waals surface area contributed by atoms with Crippen LogP contribution in [-0.4, -0.2) is 24.7 Å². The number of benzene rings is 1. The van der Waals surface area contributed by atoms with Crippen molar-refractivity contribution >= 4 is 5.97 Å². The van der Waals surface area contributed by atoms with Gasteiger partial charge in [-0.15, -0.1) is 0 Å². The summed E-state index contributed by atoms with van der Waals surface area (Å²) in [6, 6.07) is 4.40. The van der Waals surface area contributed by atoms with E-state index >= 15 is 0 Å². The topological polar surface area (TPSA) is 98.6 Å². The average molecular weight is 210 g/mol. The van der Waals surface area contributed by atoms with Crippen LogP contribution < -0.4 is 16.2 Å². The van der Waals surface area contributed by atoms with Gasteiger partial charge in [-0.25, -0.2) is 4.79 Å². The normalized spacial score (nSPS) is 12.2. The van der Waals surface area contributed by atoms with Gasteiger partial charge in [-0.3, -0.25) is 0 Å². The third kappa shape index (κ3) is 2.45. The summed E-state index contributed by atoms with van der Waals surface area (Å²) < 4.78 is 4.96. The number of rotatable bonds is 4. The van der Waals surface area contributed by atoms with Crippen LogP contribution >= 0.6 is 0 Å². The van der Waals surface area contributed by atoms with Crippen LogP contribution in [0.4, 0.5) is 0 Å². The minimum atomic E-state index is -1.03. The van der Waals surface area contributed by atoms with Crippen molar-refractivity contribution in [1.29, 1.82) is 0 Å². The first-order valence-corrected chi connectivity index (χ1v) is 4.47. The van der Waals surface area contributed by atoms with E-state index < -0.39 is 5.97 Å². The van der Waals surface area contributed by atoms with Crippen LogP contribution in [0.2, 0.25) is 0 Å². The van der Waals surface area contributed by atoms with Crippen molar-refractivity contribution in [2.45, 2.75) is 6.04 Å². The number of carboxylic acid groups (broad SMARTS) is 1. The third-order valence-electron chi connectivity index (χ3n) is 2.14. The minimum absolute atomic E-state index is 0.116. The van der Waals surface area contributed by atoms with Crippen LogP contribution in [0.25, 0.3) is 0 Å². The maximum absolute atomic E-state index is 10.8. The van der Waals surface area contributed by atoms with Gasteiger partial charge >= 0.3 is 5.97 Å². The quantitative estimate of drug-likeness (QED) is 0.666. The SMILES string of the molecule is COc1cc([C@H](N)CN)ccc1C(=O)O. The Bertz CT molecular complexity index is 366. The summed E-state index contributed by atoms with van der Waals surface area (Å²) in [4.78, 5) is 10.8. The molecular weight excluding hydrogens is 196 g/mol. The molecule has 0 amide bonds. The van der Waals surface area contributed by atoms with E-state index in [2.05, 4.69) is 0 Å². The number of hydrogen-bond acceptors (Lipinski definition) is 4. The number of nitrogens with two attached hydrogens (primary N) is 2. The lowest BCUT2D eigenvalue weighted by molar-refractivity contribution is 0.0693. The Balaban J connectivity index is 3.13. The molecule has 1 aromatic rings. The lowest BCUT2D eigenvalue weighted by atomic mass is 10.0. The summed E-state index contributed by atoms with van der Waals surface area (Å²) in [7, 11) is 1.42.